The average molecular weight is 224 g/mol. The van der Waals surface area contributed by atoms with Gasteiger partial charge in [0.05, 0.1) is 0 Å². The summed E-state index contributed by atoms with van der Waals surface area (Å²) in [6.45, 7) is 2.38. The summed E-state index contributed by atoms with van der Waals surface area (Å²) < 4.78 is 12.6. The molecule has 0 saturated carbocycles. The normalized spacial score (nSPS) is 12.2. The second-order valence-electron chi connectivity index (χ2n) is 3.80. The Bertz CT molecular complexity index is 337. The fourth-order valence-electron chi connectivity index (χ4n) is 1.26. The van der Waals surface area contributed by atoms with Crippen LogP contribution in [0.2, 0.25) is 0 Å². The van der Waals surface area contributed by atoms with Crippen LogP contribution >= 0.6 is 0 Å². The first-order chi connectivity index (χ1) is 7.61. The first-order valence-corrected chi connectivity index (χ1v) is 5.30. The molecule has 1 atom stereocenters. The Morgan fingerprint density at radius 3 is 2.56 bits per heavy atom. The first kappa shape index (κ1) is 12.6. The maximum absolute atomic E-state index is 12.6. The molecule has 16 heavy (non-hydrogen) atoms. The Hall–Kier alpha value is -1.42. The van der Waals surface area contributed by atoms with Gasteiger partial charge in [-0.3, -0.25) is 4.79 Å². The van der Waals surface area contributed by atoms with Crippen LogP contribution in [0.4, 0.5) is 4.39 Å². The van der Waals surface area contributed by atoms with E-state index in [9.17, 15) is 9.18 Å². The lowest BCUT2D eigenvalue weighted by molar-refractivity contribution is -0.121. The van der Waals surface area contributed by atoms with Gasteiger partial charge in [0.25, 0.3) is 0 Å². The summed E-state index contributed by atoms with van der Waals surface area (Å²) in [5, 5.41) is 5.77. The minimum Gasteiger partial charge on any atom is -0.352 e. The van der Waals surface area contributed by atoms with E-state index in [4.69, 9.17) is 0 Å². The molecule has 0 saturated heterocycles. The highest BCUT2D eigenvalue weighted by molar-refractivity contribution is 5.76. The number of carbonyl (C=O) groups is 1. The van der Waals surface area contributed by atoms with Gasteiger partial charge in [-0.1, -0.05) is 12.1 Å². The van der Waals surface area contributed by atoms with Crippen LogP contribution in [-0.4, -0.2) is 19.0 Å². The van der Waals surface area contributed by atoms with E-state index in [0.29, 0.717) is 13.0 Å². The number of carbonyl (C=O) groups excluding carboxylic acids is 1. The molecule has 0 spiro atoms. The summed E-state index contributed by atoms with van der Waals surface area (Å²) in [6, 6.07) is 6.26. The maximum Gasteiger partial charge on any atom is 0.221 e. The highest BCUT2D eigenvalue weighted by Crippen LogP contribution is 2.02. The molecule has 0 bridgehead atoms. The molecule has 0 fully saturated rings. The minimum absolute atomic E-state index is 0.00817. The predicted octanol–water partition coefficient (Wildman–Crippen LogP) is 1.44. The van der Waals surface area contributed by atoms with E-state index in [1.54, 1.807) is 12.1 Å². The zero-order valence-corrected chi connectivity index (χ0v) is 9.59. The number of amides is 1. The topological polar surface area (TPSA) is 41.1 Å². The van der Waals surface area contributed by atoms with Crippen LogP contribution in [-0.2, 0) is 11.3 Å². The number of nitrogens with one attached hydrogen (secondary N) is 2. The zero-order valence-electron chi connectivity index (χ0n) is 9.59. The first-order valence-electron chi connectivity index (χ1n) is 5.30. The molecule has 1 aromatic rings. The number of hydrogen-bond donors (Lipinski definition) is 2. The van der Waals surface area contributed by atoms with Crippen molar-refractivity contribution in [2.45, 2.75) is 25.9 Å². The van der Waals surface area contributed by atoms with E-state index in [2.05, 4.69) is 10.6 Å². The number of hydrogen-bond acceptors (Lipinski definition) is 2. The van der Waals surface area contributed by atoms with Gasteiger partial charge >= 0.3 is 0 Å². The molecule has 4 heteroatoms. The molecule has 0 heterocycles. The predicted molar refractivity (Wildman–Crippen MR) is 61.4 cm³/mol. The fraction of sp³-hybridized carbons (Fsp3) is 0.417. The van der Waals surface area contributed by atoms with E-state index >= 15 is 0 Å². The van der Waals surface area contributed by atoms with E-state index < -0.39 is 0 Å². The van der Waals surface area contributed by atoms with Gasteiger partial charge in [-0.05, 0) is 31.7 Å². The van der Waals surface area contributed by atoms with Crippen molar-refractivity contribution < 1.29 is 9.18 Å². The molecule has 1 rings (SSSR count). The Kier molecular flexibility index (Phi) is 4.92. The van der Waals surface area contributed by atoms with Gasteiger partial charge in [0.15, 0.2) is 0 Å². The molecule has 1 unspecified atom stereocenters. The van der Waals surface area contributed by atoms with Gasteiger partial charge in [0.1, 0.15) is 5.82 Å². The van der Waals surface area contributed by atoms with Crippen LogP contribution in [0.15, 0.2) is 24.3 Å². The fourth-order valence-corrected chi connectivity index (χ4v) is 1.26. The van der Waals surface area contributed by atoms with Gasteiger partial charge in [-0.2, -0.15) is 0 Å². The second kappa shape index (κ2) is 6.23. The molecule has 0 aromatic heterocycles. The van der Waals surface area contributed by atoms with Crippen molar-refractivity contribution in [1.29, 1.82) is 0 Å². The summed E-state index contributed by atoms with van der Waals surface area (Å²) >= 11 is 0. The third-order valence-electron chi connectivity index (χ3n) is 2.39. The highest BCUT2D eigenvalue weighted by Gasteiger charge is 2.06. The second-order valence-corrected chi connectivity index (χ2v) is 3.80. The van der Waals surface area contributed by atoms with Crippen LogP contribution in [0.25, 0.3) is 0 Å². The van der Waals surface area contributed by atoms with Gasteiger partial charge in [-0.25, -0.2) is 4.39 Å². The smallest absolute Gasteiger partial charge is 0.221 e. The number of benzene rings is 1. The summed E-state index contributed by atoms with van der Waals surface area (Å²) in [5.74, 6) is -0.273. The van der Waals surface area contributed by atoms with Crippen LogP contribution in [0.5, 0.6) is 0 Å². The lowest BCUT2D eigenvalue weighted by Crippen LogP contribution is -2.31. The van der Waals surface area contributed by atoms with E-state index in [0.717, 1.165) is 5.56 Å². The van der Waals surface area contributed by atoms with Crippen molar-refractivity contribution in [3.63, 3.8) is 0 Å². The molecule has 3 nitrogen and oxygen atoms in total. The molecular weight excluding hydrogens is 207 g/mol. The van der Waals surface area contributed by atoms with Crippen molar-refractivity contribution >= 4 is 5.91 Å². The van der Waals surface area contributed by atoms with Gasteiger partial charge in [-0.15, -0.1) is 0 Å². The quantitative estimate of drug-likeness (QED) is 0.794. The monoisotopic (exact) mass is 224 g/mol. The van der Waals surface area contributed by atoms with Crippen molar-refractivity contribution in [1.82, 2.24) is 10.6 Å². The van der Waals surface area contributed by atoms with Crippen LogP contribution < -0.4 is 10.6 Å². The van der Waals surface area contributed by atoms with Crippen LogP contribution in [0, 0.1) is 5.82 Å². The van der Waals surface area contributed by atoms with Crippen molar-refractivity contribution in [2.75, 3.05) is 7.05 Å². The number of halogens is 1. The highest BCUT2D eigenvalue weighted by atomic mass is 19.1. The van der Waals surface area contributed by atoms with Gasteiger partial charge in [0, 0.05) is 19.0 Å². The third-order valence-corrected chi connectivity index (χ3v) is 2.39. The summed E-state index contributed by atoms with van der Waals surface area (Å²) in [5.41, 5.74) is 0.895. The van der Waals surface area contributed by atoms with Crippen LogP contribution in [0.1, 0.15) is 18.9 Å². The molecule has 1 aromatic carbocycles. The summed E-state index contributed by atoms with van der Waals surface area (Å²) in [6.07, 6.45) is 0.442. The molecular formula is C12H17FN2O. The molecule has 1 amide bonds. The molecule has 2 N–H and O–H groups in total. The Labute approximate surface area is 95.0 Å². The minimum atomic E-state index is -0.265. The largest absolute Gasteiger partial charge is 0.352 e. The molecule has 88 valence electrons. The van der Waals surface area contributed by atoms with E-state index in [-0.39, 0.29) is 17.8 Å². The Morgan fingerprint density at radius 1 is 1.38 bits per heavy atom. The van der Waals surface area contributed by atoms with Crippen molar-refractivity contribution in [3.05, 3.63) is 35.6 Å². The van der Waals surface area contributed by atoms with E-state index in [1.807, 2.05) is 14.0 Å². The lowest BCUT2D eigenvalue weighted by atomic mass is 10.2. The summed E-state index contributed by atoms with van der Waals surface area (Å²) in [7, 11) is 1.82. The van der Waals surface area contributed by atoms with Gasteiger partial charge in [0.2, 0.25) is 5.91 Å². The van der Waals surface area contributed by atoms with Crippen molar-refractivity contribution in [3.8, 4) is 0 Å². The average Bonchev–Trinajstić information content (AvgIpc) is 2.28. The Balaban J connectivity index is 2.34. The molecule has 0 aliphatic heterocycles. The molecule has 0 aliphatic rings. The van der Waals surface area contributed by atoms with E-state index in [1.165, 1.54) is 12.1 Å². The number of rotatable bonds is 5. The molecule has 0 radical (unpaired) electrons. The standard InChI is InChI=1S/C12H17FN2O/c1-9(14-2)7-12(16)15-8-10-3-5-11(13)6-4-10/h3-6,9,14H,7-8H2,1-2H3,(H,15,16). The zero-order chi connectivity index (χ0) is 12.0. The van der Waals surface area contributed by atoms with Crippen LogP contribution in [0.3, 0.4) is 0 Å². The summed E-state index contributed by atoms with van der Waals surface area (Å²) in [4.78, 5) is 11.4. The van der Waals surface area contributed by atoms with Crippen molar-refractivity contribution in [2.24, 2.45) is 0 Å². The maximum atomic E-state index is 12.6. The van der Waals surface area contributed by atoms with Gasteiger partial charge < -0.3 is 10.6 Å². The third kappa shape index (κ3) is 4.40. The SMILES string of the molecule is CNC(C)CC(=O)NCc1ccc(F)cc1. The Morgan fingerprint density at radius 2 is 2.00 bits per heavy atom. The lowest BCUT2D eigenvalue weighted by Gasteiger charge is -2.10. The molecule has 0 aliphatic carbocycles.